The van der Waals surface area contributed by atoms with Crippen LogP contribution in [0.2, 0.25) is 0 Å². The Morgan fingerprint density at radius 3 is 2.60 bits per heavy atom. The van der Waals surface area contributed by atoms with Gasteiger partial charge in [-0.25, -0.2) is 4.79 Å². The molecule has 114 valence electrons. The van der Waals surface area contributed by atoms with Gasteiger partial charge < -0.3 is 16.0 Å². The molecule has 20 heavy (non-hydrogen) atoms. The number of hydrogen-bond donors (Lipinski definition) is 2. The van der Waals surface area contributed by atoms with Gasteiger partial charge in [0.1, 0.15) is 5.54 Å². The number of amides is 3. The van der Waals surface area contributed by atoms with Gasteiger partial charge in [-0.3, -0.25) is 4.79 Å². The van der Waals surface area contributed by atoms with Crippen molar-refractivity contribution in [2.75, 3.05) is 13.1 Å². The van der Waals surface area contributed by atoms with E-state index >= 15 is 0 Å². The standard InChI is InChI=1S/C12H18F3N3O2/c1-11(6-7-4-8(5-7)12(13,14)15)9(19)17-2-3-18(11)10(16)20/h7-8H,2-6H2,1H3,(H2,16,20)(H,17,19). The van der Waals surface area contributed by atoms with Crippen molar-refractivity contribution in [3.63, 3.8) is 0 Å². The minimum absolute atomic E-state index is 0.0129. The molecule has 1 unspecified atom stereocenters. The van der Waals surface area contributed by atoms with Crippen LogP contribution in [-0.2, 0) is 4.79 Å². The molecule has 8 heteroatoms. The van der Waals surface area contributed by atoms with E-state index in [0.29, 0.717) is 6.54 Å². The van der Waals surface area contributed by atoms with Gasteiger partial charge in [-0.15, -0.1) is 0 Å². The lowest BCUT2D eigenvalue weighted by molar-refractivity contribution is -0.207. The first-order valence-electron chi connectivity index (χ1n) is 6.56. The van der Waals surface area contributed by atoms with E-state index in [1.54, 1.807) is 6.92 Å². The minimum atomic E-state index is -4.17. The topological polar surface area (TPSA) is 75.4 Å². The molecule has 0 bridgehead atoms. The number of halogens is 3. The highest BCUT2D eigenvalue weighted by Gasteiger charge is 2.52. The number of carbonyl (C=O) groups is 2. The number of alkyl halides is 3. The molecule has 2 rings (SSSR count). The predicted octanol–water partition coefficient (Wildman–Crippen LogP) is 1.23. The summed E-state index contributed by atoms with van der Waals surface area (Å²) in [4.78, 5) is 24.7. The van der Waals surface area contributed by atoms with Crippen molar-refractivity contribution in [1.29, 1.82) is 0 Å². The molecular weight excluding hydrogens is 275 g/mol. The summed E-state index contributed by atoms with van der Waals surface area (Å²) in [5.74, 6) is -1.85. The fourth-order valence-corrected chi connectivity index (χ4v) is 3.13. The van der Waals surface area contributed by atoms with Crippen molar-refractivity contribution < 1.29 is 22.8 Å². The van der Waals surface area contributed by atoms with Gasteiger partial charge in [0.05, 0.1) is 5.92 Å². The molecule has 5 nitrogen and oxygen atoms in total. The number of nitrogens with two attached hydrogens (primary N) is 1. The molecule has 1 saturated heterocycles. The Hall–Kier alpha value is -1.47. The molecule has 0 spiro atoms. The molecule has 1 heterocycles. The van der Waals surface area contributed by atoms with Gasteiger partial charge >= 0.3 is 12.2 Å². The summed E-state index contributed by atoms with van der Waals surface area (Å²) in [7, 11) is 0. The number of nitrogens with zero attached hydrogens (tertiary/aromatic N) is 1. The first-order chi connectivity index (χ1) is 9.14. The van der Waals surface area contributed by atoms with Gasteiger partial charge in [0.25, 0.3) is 0 Å². The van der Waals surface area contributed by atoms with E-state index in [9.17, 15) is 22.8 Å². The smallest absolute Gasteiger partial charge is 0.352 e. The molecule has 1 aliphatic heterocycles. The summed E-state index contributed by atoms with van der Waals surface area (Å²) < 4.78 is 37.4. The maximum absolute atomic E-state index is 12.5. The van der Waals surface area contributed by atoms with E-state index in [1.165, 1.54) is 4.90 Å². The average molecular weight is 293 g/mol. The zero-order valence-electron chi connectivity index (χ0n) is 11.2. The first-order valence-corrected chi connectivity index (χ1v) is 6.56. The van der Waals surface area contributed by atoms with Crippen LogP contribution in [0.5, 0.6) is 0 Å². The van der Waals surface area contributed by atoms with Crippen molar-refractivity contribution in [3.8, 4) is 0 Å². The van der Waals surface area contributed by atoms with Crippen LogP contribution in [-0.4, -0.2) is 41.6 Å². The largest absolute Gasteiger partial charge is 0.391 e. The zero-order chi connectivity index (χ0) is 15.1. The number of piperazine rings is 1. The van der Waals surface area contributed by atoms with Gasteiger partial charge in [0, 0.05) is 13.1 Å². The highest BCUT2D eigenvalue weighted by Crippen LogP contribution is 2.48. The second-order valence-corrected chi connectivity index (χ2v) is 5.80. The van der Waals surface area contributed by atoms with Gasteiger partial charge in [-0.1, -0.05) is 0 Å². The number of hydrogen-bond acceptors (Lipinski definition) is 2. The molecule has 2 aliphatic rings. The fourth-order valence-electron chi connectivity index (χ4n) is 3.13. The van der Waals surface area contributed by atoms with Crippen LogP contribution >= 0.6 is 0 Å². The minimum Gasteiger partial charge on any atom is -0.352 e. The number of nitrogens with one attached hydrogen (secondary N) is 1. The molecule has 3 N–H and O–H groups in total. The third kappa shape index (κ3) is 2.55. The lowest BCUT2D eigenvalue weighted by Crippen LogP contribution is -2.67. The number of carbonyl (C=O) groups excluding carboxylic acids is 2. The van der Waals surface area contributed by atoms with E-state index in [4.69, 9.17) is 5.73 Å². The van der Waals surface area contributed by atoms with Gasteiger partial charge in [0.15, 0.2) is 0 Å². The van der Waals surface area contributed by atoms with Crippen LogP contribution in [0.1, 0.15) is 26.2 Å². The van der Waals surface area contributed by atoms with E-state index in [1.807, 2.05) is 0 Å². The first kappa shape index (κ1) is 14.9. The average Bonchev–Trinajstić information content (AvgIpc) is 2.25. The molecule has 1 saturated carbocycles. The highest BCUT2D eigenvalue weighted by atomic mass is 19.4. The lowest BCUT2D eigenvalue weighted by atomic mass is 9.68. The Morgan fingerprint density at radius 1 is 1.50 bits per heavy atom. The summed E-state index contributed by atoms with van der Waals surface area (Å²) in [6.45, 7) is 2.16. The van der Waals surface area contributed by atoms with Crippen molar-refractivity contribution in [2.45, 2.75) is 37.9 Å². The van der Waals surface area contributed by atoms with Crippen LogP contribution in [0.4, 0.5) is 18.0 Å². The Bertz CT molecular complexity index is 421. The Kier molecular flexibility index (Phi) is 3.60. The zero-order valence-corrected chi connectivity index (χ0v) is 11.2. The summed E-state index contributed by atoms with van der Waals surface area (Å²) >= 11 is 0. The Morgan fingerprint density at radius 2 is 2.10 bits per heavy atom. The molecule has 0 radical (unpaired) electrons. The van der Waals surface area contributed by atoms with Crippen LogP contribution < -0.4 is 11.1 Å². The summed E-state index contributed by atoms with van der Waals surface area (Å²) in [5, 5.41) is 2.64. The normalized spacial score (nSPS) is 34.4. The molecule has 0 aromatic rings. The predicted molar refractivity (Wildman–Crippen MR) is 64.6 cm³/mol. The molecular formula is C12H18F3N3O2. The van der Waals surface area contributed by atoms with E-state index in [2.05, 4.69) is 5.32 Å². The second-order valence-electron chi connectivity index (χ2n) is 5.80. The lowest BCUT2D eigenvalue weighted by Gasteiger charge is -2.47. The van der Waals surface area contributed by atoms with Crippen LogP contribution in [0.3, 0.4) is 0 Å². The van der Waals surface area contributed by atoms with E-state index in [0.717, 1.165) is 0 Å². The van der Waals surface area contributed by atoms with Crippen molar-refractivity contribution >= 4 is 11.9 Å². The van der Waals surface area contributed by atoms with Gasteiger partial charge in [-0.2, -0.15) is 13.2 Å². The van der Waals surface area contributed by atoms with Crippen molar-refractivity contribution in [2.24, 2.45) is 17.6 Å². The van der Waals surface area contributed by atoms with Crippen molar-refractivity contribution in [1.82, 2.24) is 10.2 Å². The third-order valence-electron chi connectivity index (χ3n) is 4.36. The molecule has 0 aromatic heterocycles. The van der Waals surface area contributed by atoms with Crippen LogP contribution in [0.25, 0.3) is 0 Å². The second kappa shape index (κ2) is 4.82. The van der Waals surface area contributed by atoms with Crippen LogP contribution in [0, 0.1) is 11.8 Å². The highest BCUT2D eigenvalue weighted by molar-refractivity contribution is 5.91. The number of urea groups is 1. The van der Waals surface area contributed by atoms with E-state index in [-0.39, 0.29) is 37.6 Å². The number of rotatable bonds is 2. The van der Waals surface area contributed by atoms with Gasteiger partial charge in [-0.05, 0) is 32.1 Å². The molecule has 0 aromatic carbocycles. The fraction of sp³-hybridized carbons (Fsp3) is 0.833. The summed E-state index contributed by atoms with van der Waals surface area (Å²) in [6, 6.07) is -0.714. The van der Waals surface area contributed by atoms with E-state index < -0.39 is 23.7 Å². The SMILES string of the molecule is CC1(CC2CC(C(F)(F)F)C2)C(=O)NCCN1C(N)=O. The summed E-state index contributed by atoms with van der Waals surface area (Å²) in [6.07, 6.45) is -3.93. The maximum Gasteiger partial charge on any atom is 0.391 e. The molecule has 1 aliphatic carbocycles. The third-order valence-corrected chi connectivity index (χ3v) is 4.36. The summed E-state index contributed by atoms with van der Waals surface area (Å²) in [5.41, 5.74) is 4.12. The quantitative estimate of drug-likeness (QED) is 0.803. The Labute approximate surface area is 114 Å². The van der Waals surface area contributed by atoms with Crippen molar-refractivity contribution in [3.05, 3.63) is 0 Å². The molecule has 1 atom stereocenters. The van der Waals surface area contributed by atoms with Crippen LogP contribution in [0.15, 0.2) is 0 Å². The number of primary amides is 1. The van der Waals surface area contributed by atoms with Gasteiger partial charge in [0.2, 0.25) is 5.91 Å². The molecule has 2 fully saturated rings. The maximum atomic E-state index is 12.5. The molecule has 3 amide bonds. The monoisotopic (exact) mass is 293 g/mol. The Balaban J connectivity index is 2.03.